The Morgan fingerprint density at radius 2 is 1.93 bits per heavy atom. The summed E-state index contributed by atoms with van der Waals surface area (Å²) in [4.78, 5) is 37.3. The number of Topliss-reactive ketones (excluding diaryl/α,β-unsaturated/α-hetero) is 1. The van der Waals surface area contributed by atoms with E-state index in [2.05, 4.69) is 0 Å². The first-order chi connectivity index (χ1) is 14.4. The second-order valence-corrected chi connectivity index (χ2v) is 6.40. The molecule has 0 radical (unpaired) electrons. The first kappa shape index (κ1) is 21.2. The Morgan fingerprint density at radius 1 is 1.20 bits per heavy atom. The molecule has 1 saturated heterocycles. The van der Waals surface area contributed by atoms with E-state index < -0.39 is 29.1 Å². The van der Waals surface area contributed by atoms with Gasteiger partial charge in [0.1, 0.15) is 17.3 Å². The molecule has 0 bridgehead atoms. The molecule has 1 heterocycles. The molecule has 2 aromatic carbocycles. The first-order valence-electron chi connectivity index (χ1n) is 9.05. The lowest BCUT2D eigenvalue weighted by molar-refractivity contribution is -0.384. The second-order valence-electron chi connectivity index (χ2n) is 6.40. The van der Waals surface area contributed by atoms with Gasteiger partial charge >= 0.3 is 5.97 Å². The summed E-state index contributed by atoms with van der Waals surface area (Å²) in [6.45, 7) is 1.22. The van der Waals surface area contributed by atoms with Crippen molar-refractivity contribution in [2.24, 2.45) is 0 Å². The Labute approximate surface area is 171 Å². The molecule has 0 aromatic heterocycles. The maximum atomic E-state index is 13.4. The van der Waals surface area contributed by atoms with Crippen LogP contribution in [-0.2, 0) is 9.47 Å². The first-order valence-corrected chi connectivity index (χ1v) is 9.05. The monoisotopic (exact) mass is 418 g/mol. The van der Waals surface area contributed by atoms with E-state index in [-0.39, 0.29) is 22.6 Å². The van der Waals surface area contributed by atoms with Crippen LogP contribution in [0.25, 0.3) is 0 Å². The minimum absolute atomic E-state index is 0.0704. The maximum Gasteiger partial charge on any atom is 0.338 e. The number of halogens is 1. The van der Waals surface area contributed by atoms with Gasteiger partial charge in [-0.1, -0.05) is 0 Å². The molecule has 30 heavy (non-hydrogen) atoms. The summed E-state index contributed by atoms with van der Waals surface area (Å²) >= 11 is 0. The number of ketones is 1. The number of carbonyl (C=O) groups is 2. The summed E-state index contributed by atoms with van der Waals surface area (Å²) in [5, 5.41) is 11.5. The van der Waals surface area contributed by atoms with Gasteiger partial charge in [0.05, 0.1) is 36.4 Å². The summed E-state index contributed by atoms with van der Waals surface area (Å²) in [6, 6.07) is 7.39. The highest BCUT2D eigenvalue weighted by molar-refractivity contribution is 6.01. The van der Waals surface area contributed by atoms with Crippen molar-refractivity contribution in [3.8, 4) is 5.75 Å². The van der Waals surface area contributed by atoms with Gasteiger partial charge in [-0.25, -0.2) is 9.18 Å². The Kier molecular flexibility index (Phi) is 6.58. The predicted molar refractivity (Wildman–Crippen MR) is 104 cm³/mol. The minimum Gasteiger partial charge on any atom is -0.496 e. The molecule has 9 nitrogen and oxygen atoms in total. The summed E-state index contributed by atoms with van der Waals surface area (Å²) in [5.74, 6) is -2.07. The number of hydrogen-bond donors (Lipinski definition) is 0. The van der Waals surface area contributed by atoms with Gasteiger partial charge in [-0.05, 0) is 30.3 Å². The van der Waals surface area contributed by atoms with Crippen molar-refractivity contribution in [3.63, 3.8) is 0 Å². The van der Waals surface area contributed by atoms with Crippen LogP contribution in [-0.4, -0.2) is 56.7 Å². The number of ether oxygens (including phenoxy) is 3. The number of anilines is 1. The quantitative estimate of drug-likeness (QED) is 0.292. The number of morpholine rings is 1. The van der Waals surface area contributed by atoms with Gasteiger partial charge in [0.15, 0.2) is 6.61 Å². The van der Waals surface area contributed by atoms with E-state index >= 15 is 0 Å². The molecule has 0 unspecified atom stereocenters. The zero-order chi connectivity index (χ0) is 21.7. The zero-order valence-electron chi connectivity index (χ0n) is 16.1. The molecule has 2 aromatic rings. The summed E-state index contributed by atoms with van der Waals surface area (Å²) in [7, 11) is 1.32. The average Bonchev–Trinajstić information content (AvgIpc) is 2.77. The smallest absolute Gasteiger partial charge is 0.338 e. The fraction of sp³-hybridized carbons (Fsp3) is 0.300. The number of nitrogens with zero attached hydrogens (tertiary/aromatic N) is 2. The van der Waals surface area contributed by atoms with Crippen molar-refractivity contribution < 1.29 is 33.1 Å². The van der Waals surface area contributed by atoms with E-state index in [0.29, 0.717) is 32.0 Å². The Balaban J connectivity index is 1.74. The Bertz CT molecular complexity index is 974. The van der Waals surface area contributed by atoms with Crippen molar-refractivity contribution in [2.45, 2.75) is 0 Å². The van der Waals surface area contributed by atoms with Gasteiger partial charge in [-0.2, -0.15) is 0 Å². The van der Waals surface area contributed by atoms with Crippen LogP contribution in [0.15, 0.2) is 36.4 Å². The van der Waals surface area contributed by atoms with Gasteiger partial charge in [0.2, 0.25) is 5.78 Å². The Hall–Kier alpha value is -3.53. The van der Waals surface area contributed by atoms with Crippen molar-refractivity contribution in [3.05, 3.63) is 63.5 Å². The summed E-state index contributed by atoms with van der Waals surface area (Å²) < 4.78 is 28.7. The predicted octanol–water partition coefficient (Wildman–Crippen LogP) is 2.62. The van der Waals surface area contributed by atoms with Crippen LogP contribution >= 0.6 is 0 Å². The molecule has 0 saturated carbocycles. The lowest BCUT2D eigenvalue weighted by Gasteiger charge is -2.28. The van der Waals surface area contributed by atoms with Crippen molar-refractivity contribution >= 4 is 23.1 Å². The minimum atomic E-state index is -0.907. The van der Waals surface area contributed by atoms with E-state index in [1.54, 1.807) is 4.90 Å². The van der Waals surface area contributed by atoms with Gasteiger partial charge in [-0.15, -0.1) is 0 Å². The van der Waals surface area contributed by atoms with Crippen LogP contribution in [0.1, 0.15) is 20.7 Å². The highest BCUT2D eigenvalue weighted by Gasteiger charge is 2.24. The van der Waals surface area contributed by atoms with E-state index in [0.717, 1.165) is 18.2 Å². The van der Waals surface area contributed by atoms with Crippen LogP contribution in [0.2, 0.25) is 0 Å². The number of rotatable bonds is 7. The zero-order valence-corrected chi connectivity index (χ0v) is 16.1. The summed E-state index contributed by atoms with van der Waals surface area (Å²) in [6.07, 6.45) is 0. The number of esters is 1. The largest absolute Gasteiger partial charge is 0.496 e. The number of hydrogen-bond acceptors (Lipinski definition) is 8. The molecule has 1 aliphatic heterocycles. The Morgan fingerprint density at radius 3 is 2.60 bits per heavy atom. The van der Waals surface area contributed by atoms with Gasteiger partial charge in [-0.3, -0.25) is 14.9 Å². The molecule has 0 amide bonds. The summed E-state index contributed by atoms with van der Waals surface area (Å²) in [5.41, 5.74) is -0.0124. The highest BCUT2D eigenvalue weighted by atomic mass is 19.1. The van der Waals surface area contributed by atoms with Gasteiger partial charge in [0.25, 0.3) is 5.69 Å². The molecule has 0 atom stereocenters. The molecule has 0 N–H and O–H groups in total. The van der Waals surface area contributed by atoms with Crippen molar-refractivity contribution in [1.29, 1.82) is 0 Å². The molecular formula is C20H19FN2O7. The molecule has 1 aliphatic rings. The molecule has 0 spiro atoms. The number of nitro groups is 1. The fourth-order valence-corrected chi connectivity index (χ4v) is 3.06. The lowest BCUT2D eigenvalue weighted by Crippen LogP contribution is -2.36. The molecule has 3 rings (SSSR count). The van der Waals surface area contributed by atoms with Crippen molar-refractivity contribution in [2.75, 3.05) is 44.9 Å². The van der Waals surface area contributed by atoms with E-state index in [1.807, 2.05) is 0 Å². The van der Waals surface area contributed by atoms with Crippen LogP contribution in [0.4, 0.5) is 15.8 Å². The number of methoxy groups -OCH3 is 1. The number of benzene rings is 2. The van der Waals surface area contributed by atoms with Crippen LogP contribution in [0, 0.1) is 15.9 Å². The van der Waals surface area contributed by atoms with Gasteiger partial charge in [0, 0.05) is 19.2 Å². The molecular weight excluding hydrogens is 399 g/mol. The third-order valence-electron chi connectivity index (χ3n) is 4.56. The average molecular weight is 418 g/mol. The fourth-order valence-electron chi connectivity index (χ4n) is 3.06. The van der Waals surface area contributed by atoms with Crippen molar-refractivity contribution in [1.82, 2.24) is 0 Å². The molecule has 158 valence electrons. The maximum absolute atomic E-state index is 13.4. The third kappa shape index (κ3) is 4.71. The van der Waals surface area contributed by atoms with E-state index in [1.165, 1.54) is 25.3 Å². The topological polar surface area (TPSA) is 108 Å². The normalized spacial score (nSPS) is 13.6. The van der Waals surface area contributed by atoms with Crippen LogP contribution in [0.3, 0.4) is 0 Å². The van der Waals surface area contributed by atoms with E-state index in [9.17, 15) is 24.1 Å². The highest BCUT2D eigenvalue weighted by Crippen LogP contribution is 2.30. The molecule has 10 heteroatoms. The third-order valence-corrected chi connectivity index (χ3v) is 4.56. The molecule has 1 fully saturated rings. The van der Waals surface area contributed by atoms with E-state index in [4.69, 9.17) is 14.2 Å². The molecule has 0 aliphatic carbocycles. The standard InChI is InChI=1S/C20H19FN2O7/c1-28-19-5-3-14(21)11-15(19)18(24)12-30-20(25)13-2-4-16(17(10-13)23(26)27)22-6-8-29-9-7-22/h2-5,10-11H,6-9,12H2,1H3. The van der Waals surface area contributed by atoms with Crippen LogP contribution in [0.5, 0.6) is 5.75 Å². The van der Waals surface area contributed by atoms with Crippen LogP contribution < -0.4 is 9.64 Å². The number of carbonyl (C=O) groups excluding carboxylic acids is 2. The second kappa shape index (κ2) is 9.31. The van der Waals surface area contributed by atoms with Gasteiger partial charge < -0.3 is 19.1 Å². The lowest BCUT2D eigenvalue weighted by atomic mass is 10.1. The number of nitro benzene ring substituents is 1. The SMILES string of the molecule is COc1ccc(F)cc1C(=O)COC(=O)c1ccc(N2CCOCC2)c([N+](=O)[O-])c1.